The first-order valence-electron chi connectivity index (χ1n) is 7.84. The second kappa shape index (κ2) is 5.92. The highest BCUT2D eigenvalue weighted by Gasteiger charge is 2.39. The fourth-order valence-electron chi connectivity index (χ4n) is 3.86. The molecule has 2 aliphatic carbocycles. The Morgan fingerprint density at radius 1 is 1.48 bits per heavy atom. The van der Waals surface area contributed by atoms with Gasteiger partial charge in [-0.2, -0.15) is 0 Å². The summed E-state index contributed by atoms with van der Waals surface area (Å²) in [5.41, 5.74) is 6.83. The summed E-state index contributed by atoms with van der Waals surface area (Å²) in [6.07, 6.45) is 7.07. The number of carbonyl (C=O) groups excluding carboxylic acids is 1. The first-order valence-corrected chi connectivity index (χ1v) is 7.84. The minimum absolute atomic E-state index is 0.342. The van der Waals surface area contributed by atoms with Crippen LogP contribution in [0.3, 0.4) is 0 Å². The van der Waals surface area contributed by atoms with Gasteiger partial charge in [-0.15, -0.1) is 0 Å². The maximum absolute atomic E-state index is 11.8. The van der Waals surface area contributed by atoms with Gasteiger partial charge in [0.1, 0.15) is 5.82 Å². The number of carbonyl (C=O) groups is 1. The quantitative estimate of drug-likeness (QED) is 0.815. The number of hydrogen-bond donors (Lipinski definition) is 2. The average Bonchev–Trinajstić information content (AvgIpc) is 3.09. The predicted molar refractivity (Wildman–Crippen MR) is 82.0 cm³/mol. The number of aromatic nitrogens is 1. The van der Waals surface area contributed by atoms with Gasteiger partial charge in [0, 0.05) is 12.7 Å². The van der Waals surface area contributed by atoms with Crippen LogP contribution in [-0.2, 0) is 4.74 Å². The molecule has 1 aromatic rings. The number of pyridine rings is 1. The highest BCUT2D eigenvalue weighted by atomic mass is 16.5. The van der Waals surface area contributed by atoms with Gasteiger partial charge in [-0.1, -0.05) is 6.42 Å². The maximum atomic E-state index is 11.8. The van der Waals surface area contributed by atoms with Crippen LogP contribution in [0.25, 0.3) is 0 Å². The summed E-state index contributed by atoms with van der Waals surface area (Å²) in [6, 6.07) is 1.61. The van der Waals surface area contributed by atoms with Gasteiger partial charge in [0.05, 0.1) is 17.9 Å². The summed E-state index contributed by atoms with van der Waals surface area (Å²) in [6.45, 7) is 3.02. The van der Waals surface area contributed by atoms with Gasteiger partial charge < -0.3 is 15.8 Å². The van der Waals surface area contributed by atoms with E-state index in [4.69, 9.17) is 10.5 Å². The smallest absolute Gasteiger partial charge is 0.340 e. The van der Waals surface area contributed by atoms with Crippen molar-refractivity contribution in [2.75, 3.05) is 24.2 Å². The Labute approximate surface area is 125 Å². The molecular weight excluding hydrogens is 266 g/mol. The van der Waals surface area contributed by atoms with Gasteiger partial charge in [-0.3, -0.25) is 0 Å². The van der Waals surface area contributed by atoms with E-state index in [0.29, 0.717) is 23.7 Å². The molecule has 1 heterocycles. The molecule has 3 atom stereocenters. The van der Waals surface area contributed by atoms with E-state index in [1.807, 2.05) is 0 Å². The number of nitrogens with two attached hydrogens (primary N) is 1. The number of rotatable bonds is 5. The number of hydrogen-bond acceptors (Lipinski definition) is 5. The second-order valence-corrected chi connectivity index (χ2v) is 6.16. The van der Waals surface area contributed by atoms with Crippen molar-refractivity contribution in [2.45, 2.75) is 32.6 Å². The predicted octanol–water partition coefficient (Wildman–Crippen LogP) is 2.69. The number of nitrogen functional groups attached to an aromatic ring is 1. The van der Waals surface area contributed by atoms with Crippen LogP contribution in [0.5, 0.6) is 0 Å². The summed E-state index contributed by atoms with van der Waals surface area (Å²) < 4.78 is 5.01. The van der Waals surface area contributed by atoms with E-state index in [-0.39, 0.29) is 5.97 Å². The Kier molecular flexibility index (Phi) is 3.99. The summed E-state index contributed by atoms with van der Waals surface area (Å²) >= 11 is 0. The Balaban J connectivity index is 1.65. The first kappa shape index (κ1) is 14.2. The summed E-state index contributed by atoms with van der Waals surface area (Å²) in [7, 11) is 0. The third-order valence-corrected chi connectivity index (χ3v) is 4.90. The zero-order valence-corrected chi connectivity index (χ0v) is 12.5. The van der Waals surface area contributed by atoms with Crippen molar-refractivity contribution in [3.8, 4) is 0 Å². The number of anilines is 2. The molecule has 0 amide bonds. The molecule has 0 aliphatic heterocycles. The minimum Gasteiger partial charge on any atom is -0.462 e. The lowest BCUT2D eigenvalue weighted by Gasteiger charge is -2.22. The Morgan fingerprint density at radius 2 is 2.33 bits per heavy atom. The maximum Gasteiger partial charge on any atom is 0.340 e. The molecule has 21 heavy (non-hydrogen) atoms. The minimum atomic E-state index is -0.389. The molecule has 2 saturated carbocycles. The standard InChI is InChI=1S/C16H23N3O2/c1-2-21-16(20)13-5-6-18-15(14(13)17)19-9-12-8-10-3-4-11(12)7-10/h5-6,10-12H,2-4,7-9,17H2,1H3,(H,18,19). The van der Waals surface area contributed by atoms with Gasteiger partial charge in [0.2, 0.25) is 0 Å². The highest BCUT2D eigenvalue weighted by molar-refractivity contribution is 5.97. The fraction of sp³-hybridized carbons (Fsp3) is 0.625. The third kappa shape index (κ3) is 2.82. The Hall–Kier alpha value is -1.78. The lowest BCUT2D eigenvalue weighted by molar-refractivity contribution is 0.0527. The van der Waals surface area contributed by atoms with Crippen molar-refractivity contribution >= 4 is 17.5 Å². The van der Waals surface area contributed by atoms with Crippen LogP contribution in [0.15, 0.2) is 12.3 Å². The van der Waals surface area contributed by atoms with Crippen LogP contribution in [0.2, 0.25) is 0 Å². The molecular formula is C16H23N3O2. The first-order chi connectivity index (χ1) is 10.2. The van der Waals surface area contributed by atoms with Crippen LogP contribution in [-0.4, -0.2) is 24.1 Å². The fourth-order valence-corrected chi connectivity index (χ4v) is 3.86. The SMILES string of the molecule is CCOC(=O)c1ccnc(NCC2CC3CCC2C3)c1N. The van der Waals surface area contributed by atoms with Crippen LogP contribution >= 0.6 is 0 Å². The van der Waals surface area contributed by atoms with E-state index < -0.39 is 0 Å². The van der Waals surface area contributed by atoms with Crippen LogP contribution < -0.4 is 11.1 Å². The molecule has 2 fully saturated rings. The van der Waals surface area contributed by atoms with E-state index in [1.165, 1.54) is 25.7 Å². The molecule has 3 unspecified atom stereocenters. The monoisotopic (exact) mass is 289 g/mol. The van der Waals surface area contributed by atoms with Gasteiger partial charge in [-0.05, 0) is 50.0 Å². The summed E-state index contributed by atoms with van der Waals surface area (Å²) in [5, 5.41) is 3.33. The van der Waals surface area contributed by atoms with E-state index in [9.17, 15) is 4.79 Å². The van der Waals surface area contributed by atoms with Crippen LogP contribution in [0.1, 0.15) is 43.0 Å². The van der Waals surface area contributed by atoms with Crippen molar-refractivity contribution < 1.29 is 9.53 Å². The Morgan fingerprint density at radius 3 is 3.00 bits per heavy atom. The van der Waals surface area contributed by atoms with Crippen LogP contribution in [0.4, 0.5) is 11.5 Å². The molecule has 0 spiro atoms. The summed E-state index contributed by atoms with van der Waals surface area (Å²) in [5.74, 6) is 2.72. The number of fused-ring (bicyclic) bond motifs is 2. The van der Waals surface area contributed by atoms with Gasteiger partial charge in [0.15, 0.2) is 0 Å². The molecule has 1 aromatic heterocycles. The normalized spacial score (nSPS) is 26.8. The molecule has 5 nitrogen and oxygen atoms in total. The zero-order valence-electron chi connectivity index (χ0n) is 12.5. The van der Waals surface area contributed by atoms with Crippen molar-refractivity contribution in [1.82, 2.24) is 4.98 Å². The molecule has 114 valence electrons. The average molecular weight is 289 g/mol. The number of esters is 1. The lowest BCUT2D eigenvalue weighted by atomic mass is 9.89. The molecule has 3 N–H and O–H groups in total. The molecule has 2 aliphatic rings. The topological polar surface area (TPSA) is 77.2 Å². The number of nitrogens with one attached hydrogen (secondary N) is 1. The van der Waals surface area contributed by atoms with E-state index in [1.54, 1.807) is 19.2 Å². The number of ether oxygens (including phenoxy) is 1. The molecule has 2 bridgehead atoms. The second-order valence-electron chi connectivity index (χ2n) is 6.16. The van der Waals surface area contributed by atoms with Crippen LogP contribution in [0, 0.1) is 17.8 Å². The van der Waals surface area contributed by atoms with E-state index in [0.717, 1.165) is 24.3 Å². The van der Waals surface area contributed by atoms with Crippen molar-refractivity contribution in [3.05, 3.63) is 17.8 Å². The van der Waals surface area contributed by atoms with Crippen molar-refractivity contribution in [3.63, 3.8) is 0 Å². The van der Waals surface area contributed by atoms with E-state index >= 15 is 0 Å². The van der Waals surface area contributed by atoms with Gasteiger partial charge in [0.25, 0.3) is 0 Å². The van der Waals surface area contributed by atoms with Crippen molar-refractivity contribution in [1.29, 1.82) is 0 Å². The molecule has 5 heteroatoms. The van der Waals surface area contributed by atoms with E-state index in [2.05, 4.69) is 10.3 Å². The van der Waals surface area contributed by atoms with Gasteiger partial charge >= 0.3 is 5.97 Å². The van der Waals surface area contributed by atoms with Gasteiger partial charge in [-0.25, -0.2) is 9.78 Å². The molecule has 0 radical (unpaired) electrons. The third-order valence-electron chi connectivity index (χ3n) is 4.90. The highest BCUT2D eigenvalue weighted by Crippen LogP contribution is 2.48. The zero-order chi connectivity index (χ0) is 14.8. The lowest BCUT2D eigenvalue weighted by Crippen LogP contribution is -2.21. The molecule has 3 rings (SSSR count). The van der Waals surface area contributed by atoms with Crippen molar-refractivity contribution in [2.24, 2.45) is 17.8 Å². The summed E-state index contributed by atoms with van der Waals surface area (Å²) in [4.78, 5) is 16.1. The molecule has 0 aromatic carbocycles. The molecule has 0 saturated heterocycles. The number of nitrogens with zero attached hydrogens (tertiary/aromatic N) is 1. The Bertz CT molecular complexity index is 532. The largest absolute Gasteiger partial charge is 0.462 e.